The molecule has 3 aromatic rings. The first-order chi connectivity index (χ1) is 18.6. The van der Waals surface area contributed by atoms with Crippen LogP contribution in [0.5, 0.6) is 11.8 Å². The van der Waals surface area contributed by atoms with Crippen LogP contribution < -0.4 is 19.6 Å². The standard InChI is InChI=1S/C25H27ClFN5O6S/c1-14-18(16-11-28-25(38-5)29-12-16)7-8-19(27)22(14)15(2)23(24(37-4)31-30-13-33)32-39(34,35)21-9-6-17(26)10-20(21)36-3/h6-13,15,23,32H,1-5H3,(H,30,33)/b31-24-/t15-,23+/m1/s1. The van der Waals surface area contributed by atoms with E-state index in [-0.39, 0.29) is 39.5 Å². The van der Waals surface area contributed by atoms with E-state index in [2.05, 4.69) is 25.2 Å². The van der Waals surface area contributed by atoms with E-state index in [4.69, 9.17) is 25.8 Å². The van der Waals surface area contributed by atoms with Crippen molar-refractivity contribution in [2.45, 2.75) is 30.7 Å². The number of sulfonamides is 1. The van der Waals surface area contributed by atoms with Crippen molar-refractivity contribution in [1.82, 2.24) is 20.1 Å². The lowest BCUT2D eigenvalue weighted by atomic mass is 9.86. The summed E-state index contributed by atoms with van der Waals surface area (Å²) in [6.07, 6.45) is 3.35. The molecule has 0 aliphatic carbocycles. The predicted octanol–water partition coefficient (Wildman–Crippen LogP) is 3.42. The van der Waals surface area contributed by atoms with Crippen molar-refractivity contribution in [3.05, 3.63) is 64.7 Å². The first kappa shape index (κ1) is 29.7. The first-order valence-corrected chi connectivity index (χ1v) is 13.3. The van der Waals surface area contributed by atoms with Crippen molar-refractivity contribution < 1.29 is 31.8 Å². The lowest BCUT2D eigenvalue weighted by Crippen LogP contribution is -2.46. The van der Waals surface area contributed by atoms with Crippen LogP contribution in [0.15, 0.2) is 52.7 Å². The van der Waals surface area contributed by atoms with Crippen LogP contribution in [0, 0.1) is 12.7 Å². The van der Waals surface area contributed by atoms with E-state index in [0.29, 0.717) is 16.7 Å². The summed E-state index contributed by atoms with van der Waals surface area (Å²) < 4.78 is 60.5. The number of carbonyl (C=O) groups is 1. The molecule has 1 amide bonds. The summed E-state index contributed by atoms with van der Waals surface area (Å²) in [6.45, 7) is 3.29. The summed E-state index contributed by atoms with van der Waals surface area (Å²) in [4.78, 5) is 18.9. The maximum atomic E-state index is 15.4. The number of benzene rings is 2. The smallest absolute Gasteiger partial charge is 0.316 e. The van der Waals surface area contributed by atoms with E-state index in [1.54, 1.807) is 19.9 Å². The van der Waals surface area contributed by atoms with Crippen LogP contribution in [0.25, 0.3) is 11.1 Å². The number of aromatic nitrogens is 2. The first-order valence-electron chi connectivity index (χ1n) is 11.4. The minimum absolute atomic E-state index is 0.00723. The second kappa shape index (κ2) is 12.8. The van der Waals surface area contributed by atoms with Crippen molar-refractivity contribution in [2.24, 2.45) is 5.10 Å². The van der Waals surface area contributed by atoms with Crippen molar-refractivity contribution >= 4 is 33.9 Å². The fourth-order valence-corrected chi connectivity index (χ4v) is 5.67. The average Bonchev–Trinajstić information content (AvgIpc) is 2.92. The largest absolute Gasteiger partial charge is 0.495 e. The maximum absolute atomic E-state index is 15.4. The molecule has 3 rings (SSSR count). The number of nitrogens with one attached hydrogen (secondary N) is 2. The molecule has 11 nitrogen and oxygen atoms in total. The van der Waals surface area contributed by atoms with E-state index >= 15 is 4.39 Å². The van der Waals surface area contributed by atoms with Crippen LogP contribution in [-0.2, 0) is 19.6 Å². The zero-order chi connectivity index (χ0) is 28.7. The van der Waals surface area contributed by atoms with E-state index in [1.165, 1.54) is 58.0 Å². The number of halogens is 2. The third kappa shape index (κ3) is 6.61. The van der Waals surface area contributed by atoms with Crippen LogP contribution in [0.2, 0.25) is 5.02 Å². The highest BCUT2D eigenvalue weighted by molar-refractivity contribution is 7.89. The summed E-state index contributed by atoms with van der Waals surface area (Å²) in [5.41, 5.74) is 3.99. The Kier molecular flexibility index (Phi) is 9.78. The number of carbonyl (C=O) groups excluding carboxylic acids is 1. The van der Waals surface area contributed by atoms with Crippen molar-refractivity contribution in [2.75, 3.05) is 21.3 Å². The molecule has 0 aliphatic rings. The molecule has 0 saturated heterocycles. The second-order valence-electron chi connectivity index (χ2n) is 8.18. The Morgan fingerprint density at radius 2 is 1.82 bits per heavy atom. The van der Waals surface area contributed by atoms with Crippen LogP contribution in [-0.4, -0.2) is 58.1 Å². The number of hydrazone groups is 1. The SMILES string of the molecule is CO/C(=N\NC=O)[C@@H](NS(=O)(=O)c1ccc(Cl)cc1OC)[C@H](C)c1c(F)ccc(-c2cnc(OC)nc2)c1C. The fraction of sp³-hybridized carbons (Fsp3) is 0.280. The second-order valence-corrected chi connectivity index (χ2v) is 10.3. The Morgan fingerprint density at radius 1 is 1.13 bits per heavy atom. The Balaban J connectivity index is 2.15. The number of nitrogens with zero attached hydrogens (tertiary/aromatic N) is 3. The quantitative estimate of drug-likeness (QED) is 0.152. The molecule has 39 heavy (non-hydrogen) atoms. The van der Waals surface area contributed by atoms with Crippen LogP contribution in [0.3, 0.4) is 0 Å². The fourth-order valence-electron chi connectivity index (χ4n) is 4.09. The molecule has 1 aromatic heterocycles. The summed E-state index contributed by atoms with van der Waals surface area (Å²) in [5, 5.41) is 4.11. The molecule has 0 aliphatic heterocycles. The van der Waals surface area contributed by atoms with Crippen molar-refractivity contribution in [3.63, 3.8) is 0 Å². The number of hydrogen-bond acceptors (Lipinski definition) is 9. The molecule has 0 saturated carbocycles. The Bertz CT molecular complexity index is 1470. The van der Waals surface area contributed by atoms with Gasteiger partial charge in [0.2, 0.25) is 22.3 Å². The molecule has 0 spiro atoms. The van der Waals surface area contributed by atoms with Gasteiger partial charge in [-0.1, -0.05) is 24.6 Å². The van der Waals surface area contributed by atoms with Gasteiger partial charge in [0.15, 0.2) is 0 Å². The molecular weight excluding hydrogens is 553 g/mol. The van der Waals surface area contributed by atoms with Crippen molar-refractivity contribution in [1.29, 1.82) is 0 Å². The molecule has 0 fully saturated rings. The highest BCUT2D eigenvalue weighted by Crippen LogP contribution is 2.35. The van der Waals surface area contributed by atoms with Crippen molar-refractivity contribution in [3.8, 4) is 22.9 Å². The number of hydrogen-bond donors (Lipinski definition) is 2. The molecular formula is C25H27ClFN5O6S. The minimum atomic E-state index is -4.31. The average molecular weight is 580 g/mol. The van der Waals surface area contributed by atoms with Gasteiger partial charge >= 0.3 is 6.01 Å². The molecule has 208 valence electrons. The summed E-state index contributed by atoms with van der Waals surface area (Å²) in [6, 6.07) is 5.74. The van der Waals surface area contributed by atoms with E-state index in [1.807, 2.05) is 0 Å². The van der Waals surface area contributed by atoms with Gasteiger partial charge in [-0.2, -0.15) is 4.72 Å². The Hall–Kier alpha value is -3.81. The summed E-state index contributed by atoms with van der Waals surface area (Å²) in [5.74, 6) is -1.72. The third-order valence-electron chi connectivity index (χ3n) is 5.94. The minimum Gasteiger partial charge on any atom is -0.495 e. The molecule has 2 aromatic carbocycles. The normalized spacial score (nSPS) is 13.4. The number of ether oxygens (including phenoxy) is 3. The Labute approximate surface area is 230 Å². The molecule has 2 N–H and O–H groups in total. The number of amides is 1. The molecule has 0 unspecified atom stereocenters. The third-order valence-corrected chi connectivity index (χ3v) is 7.65. The van der Waals surface area contributed by atoms with Gasteiger partial charge in [0.1, 0.15) is 22.5 Å². The monoisotopic (exact) mass is 579 g/mol. The molecule has 0 radical (unpaired) electrons. The van der Waals surface area contributed by atoms with Crippen LogP contribution in [0.4, 0.5) is 4.39 Å². The van der Waals surface area contributed by atoms with Gasteiger partial charge in [-0.3, -0.25) is 4.79 Å². The van der Waals surface area contributed by atoms with E-state index in [9.17, 15) is 13.2 Å². The summed E-state index contributed by atoms with van der Waals surface area (Å²) >= 11 is 6.00. The maximum Gasteiger partial charge on any atom is 0.316 e. The van der Waals surface area contributed by atoms with E-state index in [0.717, 1.165) is 0 Å². The zero-order valence-electron chi connectivity index (χ0n) is 21.7. The van der Waals surface area contributed by atoms with Crippen LogP contribution in [0.1, 0.15) is 24.0 Å². The van der Waals surface area contributed by atoms with Gasteiger partial charge in [-0.15, -0.1) is 5.10 Å². The predicted molar refractivity (Wildman–Crippen MR) is 143 cm³/mol. The van der Waals surface area contributed by atoms with Gasteiger partial charge in [-0.25, -0.2) is 28.2 Å². The molecule has 2 atom stereocenters. The summed E-state index contributed by atoms with van der Waals surface area (Å²) in [7, 11) is -0.331. The van der Waals surface area contributed by atoms with Gasteiger partial charge in [0.05, 0.1) is 21.3 Å². The van der Waals surface area contributed by atoms with E-state index < -0.39 is 27.8 Å². The number of rotatable bonds is 11. The van der Waals surface area contributed by atoms with Gasteiger partial charge in [0, 0.05) is 35.0 Å². The highest BCUT2D eigenvalue weighted by Gasteiger charge is 2.35. The van der Waals surface area contributed by atoms with Gasteiger partial charge < -0.3 is 14.2 Å². The van der Waals surface area contributed by atoms with Gasteiger partial charge in [0.25, 0.3) is 0 Å². The number of methoxy groups -OCH3 is 3. The molecule has 0 bridgehead atoms. The highest BCUT2D eigenvalue weighted by atomic mass is 35.5. The van der Waals surface area contributed by atoms with Gasteiger partial charge in [-0.05, 0) is 41.8 Å². The lowest BCUT2D eigenvalue weighted by Gasteiger charge is -2.28. The molecule has 1 heterocycles. The molecule has 14 heteroatoms. The van der Waals surface area contributed by atoms with Crippen LogP contribution >= 0.6 is 11.6 Å². The topological polar surface area (TPSA) is 141 Å². The Morgan fingerprint density at radius 3 is 2.41 bits per heavy atom. The zero-order valence-corrected chi connectivity index (χ0v) is 23.3. The lowest BCUT2D eigenvalue weighted by molar-refractivity contribution is -0.109.